The summed E-state index contributed by atoms with van der Waals surface area (Å²) in [5.41, 5.74) is 0. The van der Waals surface area contributed by atoms with Gasteiger partial charge in [0.05, 0.1) is 10.6 Å². The van der Waals surface area contributed by atoms with Crippen LogP contribution in [0.1, 0.15) is 6.92 Å². The molecule has 0 radical (unpaired) electrons. The average molecular weight is 167 g/mol. The lowest BCUT2D eigenvalue weighted by Gasteiger charge is -2.05. The van der Waals surface area contributed by atoms with Gasteiger partial charge in [-0.05, 0) is 0 Å². The highest BCUT2D eigenvalue weighted by atomic mass is 32.2. The lowest BCUT2D eigenvalue weighted by atomic mass is 10.3. The van der Waals surface area contributed by atoms with Gasteiger partial charge in [0, 0.05) is 6.92 Å². The van der Waals surface area contributed by atoms with Crippen LogP contribution in [0.5, 0.6) is 0 Å². The molecule has 0 bridgehead atoms. The van der Waals surface area contributed by atoms with E-state index in [1.165, 1.54) is 0 Å². The van der Waals surface area contributed by atoms with Gasteiger partial charge in [0.2, 0.25) is 6.41 Å². The molecule has 2 nitrogen and oxygen atoms in total. The minimum atomic E-state index is -2.68. The molecule has 1 aliphatic heterocycles. The molecule has 1 rings (SSSR count). The van der Waals surface area contributed by atoms with Gasteiger partial charge in [-0.15, -0.1) is 11.8 Å². The van der Waals surface area contributed by atoms with Gasteiger partial charge in [-0.3, -0.25) is 4.79 Å². The van der Waals surface area contributed by atoms with Crippen LogP contribution in [0.15, 0.2) is 0 Å². The van der Waals surface area contributed by atoms with Crippen LogP contribution >= 0.6 is 11.8 Å². The van der Waals surface area contributed by atoms with Crippen molar-refractivity contribution in [2.24, 2.45) is 0 Å². The van der Waals surface area contributed by atoms with E-state index in [0.717, 1.165) is 18.7 Å². The predicted molar refractivity (Wildman–Crippen MR) is 35.0 cm³/mol. The Morgan fingerprint density at radius 3 is 2.60 bits per heavy atom. The number of carbonyl (C=O) groups excluding carboxylic acids is 1. The van der Waals surface area contributed by atoms with Crippen molar-refractivity contribution in [3.63, 3.8) is 0 Å². The summed E-state index contributed by atoms with van der Waals surface area (Å²) in [5.74, 6) is -2.68. The van der Waals surface area contributed by atoms with Gasteiger partial charge in [0.15, 0.2) is 0 Å². The van der Waals surface area contributed by atoms with Crippen LogP contribution in [0.4, 0.5) is 8.78 Å². The number of hydrogen-bond acceptors (Lipinski definition) is 2. The topological polar surface area (TPSA) is 29.1 Å². The van der Waals surface area contributed by atoms with Crippen LogP contribution < -0.4 is 5.32 Å². The molecule has 0 spiro atoms. The van der Waals surface area contributed by atoms with Gasteiger partial charge in [-0.2, -0.15) is 0 Å². The summed E-state index contributed by atoms with van der Waals surface area (Å²) in [4.78, 5) is 9.76. The van der Waals surface area contributed by atoms with E-state index in [2.05, 4.69) is 5.32 Å². The largest absolute Gasteiger partial charge is 0.346 e. The molecule has 0 aromatic carbocycles. The third-order valence-corrected chi connectivity index (χ3v) is 2.59. The van der Waals surface area contributed by atoms with E-state index in [0.29, 0.717) is 6.41 Å². The quantitative estimate of drug-likeness (QED) is 0.498. The SMILES string of the molecule is CC(F)(F)C1SC1NC=O. The van der Waals surface area contributed by atoms with Crippen molar-refractivity contribution in [2.45, 2.75) is 23.5 Å². The second kappa shape index (κ2) is 2.38. The first-order valence-corrected chi connectivity index (χ1v) is 3.73. The lowest BCUT2D eigenvalue weighted by molar-refractivity contribution is -0.109. The van der Waals surface area contributed by atoms with Crippen LogP contribution in [-0.2, 0) is 4.79 Å². The summed E-state index contributed by atoms with van der Waals surface area (Å²) in [5, 5.41) is 1.18. The van der Waals surface area contributed by atoms with E-state index < -0.39 is 11.2 Å². The number of amides is 1. The summed E-state index contributed by atoms with van der Waals surface area (Å²) >= 11 is 1.08. The van der Waals surface area contributed by atoms with Crippen LogP contribution in [0.25, 0.3) is 0 Å². The highest BCUT2D eigenvalue weighted by molar-refractivity contribution is 8.07. The fourth-order valence-corrected chi connectivity index (χ4v) is 1.61. The van der Waals surface area contributed by atoms with Crippen LogP contribution in [0.2, 0.25) is 0 Å². The molecule has 58 valence electrons. The minimum absolute atomic E-state index is 0.377. The summed E-state index contributed by atoms with van der Waals surface area (Å²) in [6.45, 7) is 0.858. The second-order valence-corrected chi connectivity index (χ2v) is 3.51. The van der Waals surface area contributed by atoms with E-state index in [1.54, 1.807) is 0 Å². The smallest absolute Gasteiger partial charge is 0.259 e. The van der Waals surface area contributed by atoms with Crippen molar-refractivity contribution in [3.8, 4) is 0 Å². The highest BCUT2D eigenvalue weighted by Crippen LogP contribution is 2.48. The molecule has 1 aliphatic rings. The molecule has 0 saturated carbocycles. The van der Waals surface area contributed by atoms with Crippen molar-refractivity contribution in [1.82, 2.24) is 5.32 Å². The Bertz CT molecular complexity index is 147. The standard InChI is InChI=1S/C5H7F2NOS/c1-5(6,7)3-4(10-3)8-2-9/h2-4H,1H3,(H,8,9). The zero-order chi connectivity index (χ0) is 7.78. The first kappa shape index (κ1) is 7.78. The maximum absolute atomic E-state index is 12.3. The number of nitrogens with one attached hydrogen (secondary N) is 1. The lowest BCUT2D eigenvalue weighted by Crippen LogP contribution is -2.27. The van der Waals surface area contributed by atoms with E-state index in [9.17, 15) is 13.6 Å². The van der Waals surface area contributed by atoms with Gasteiger partial charge in [0.1, 0.15) is 0 Å². The fraction of sp³-hybridized carbons (Fsp3) is 0.800. The number of thioether (sulfide) groups is 1. The predicted octanol–water partition coefficient (Wildman–Crippen LogP) is 0.829. The molecular formula is C5H7F2NOS. The van der Waals surface area contributed by atoms with E-state index in [1.807, 2.05) is 0 Å². The number of carbonyl (C=O) groups is 1. The third kappa shape index (κ3) is 1.59. The molecule has 1 amide bonds. The molecule has 10 heavy (non-hydrogen) atoms. The van der Waals surface area contributed by atoms with Gasteiger partial charge >= 0.3 is 0 Å². The molecule has 0 aromatic rings. The van der Waals surface area contributed by atoms with Crippen molar-refractivity contribution in [2.75, 3.05) is 0 Å². The van der Waals surface area contributed by atoms with Crippen LogP contribution in [0.3, 0.4) is 0 Å². The summed E-state index contributed by atoms with van der Waals surface area (Å²) in [6.07, 6.45) is 0.448. The normalized spacial score (nSPS) is 31.5. The molecular weight excluding hydrogens is 160 g/mol. The minimum Gasteiger partial charge on any atom is -0.346 e. The Morgan fingerprint density at radius 2 is 2.30 bits per heavy atom. The van der Waals surface area contributed by atoms with E-state index >= 15 is 0 Å². The summed E-state index contributed by atoms with van der Waals surface area (Å²) < 4.78 is 24.6. The second-order valence-electron chi connectivity index (χ2n) is 2.22. The molecule has 0 aromatic heterocycles. The van der Waals surface area contributed by atoms with E-state index in [-0.39, 0.29) is 5.37 Å². The monoisotopic (exact) mass is 167 g/mol. The Labute approximate surface area is 61.4 Å². The Kier molecular flexibility index (Phi) is 1.85. The average Bonchev–Trinajstić information content (AvgIpc) is 2.44. The summed E-state index contributed by atoms with van der Waals surface area (Å²) in [6, 6.07) is 0. The van der Waals surface area contributed by atoms with Gasteiger partial charge in [0.25, 0.3) is 5.92 Å². The van der Waals surface area contributed by atoms with Crippen molar-refractivity contribution >= 4 is 18.2 Å². The maximum atomic E-state index is 12.3. The Balaban J connectivity index is 2.31. The van der Waals surface area contributed by atoms with Crippen LogP contribution in [0, 0.1) is 0 Å². The van der Waals surface area contributed by atoms with Gasteiger partial charge in [-0.1, -0.05) is 0 Å². The van der Waals surface area contributed by atoms with Crippen molar-refractivity contribution < 1.29 is 13.6 Å². The molecule has 1 fully saturated rings. The van der Waals surface area contributed by atoms with Gasteiger partial charge in [-0.25, -0.2) is 8.78 Å². The van der Waals surface area contributed by atoms with Crippen LogP contribution in [-0.4, -0.2) is 23.0 Å². The zero-order valence-corrected chi connectivity index (χ0v) is 6.12. The maximum Gasteiger partial charge on any atom is 0.259 e. The zero-order valence-electron chi connectivity index (χ0n) is 5.30. The number of rotatable bonds is 3. The third-order valence-electron chi connectivity index (χ3n) is 1.22. The molecule has 2 unspecified atom stereocenters. The molecule has 0 aliphatic carbocycles. The molecule has 2 atom stereocenters. The molecule has 5 heteroatoms. The Morgan fingerprint density at radius 1 is 1.70 bits per heavy atom. The number of halogens is 2. The first-order valence-electron chi connectivity index (χ1n) is 2.78. The summed E-state index contributed by atoms with van der Waals surface area (Å²) in [7, 11) is 0. The molecule has 1 N–H and O–H groups in total. The fourth-order valence-electron chi connectivity index (χ4n) is 0.692. The van der Waals surface area contributed by atoms with Crippen molar-refractivity contribution in [1.29, 1.82) is 0 Å². The van der Waals surface area contributed by atoms with E-state index in [4.69, 9.17) is 0 Å². The number of alkyl halides is 2. The first-order chi connectivity index (χ1) is 4.55. The molecule has 1 heterocycles. The van der Waals surface area contributed by atoms with Crippen molar-refractivity contribution in [3.05, 3.63) is 0 Å². The van der Waals surface area contributed by atoms with Gasteiger partial charge < -0.3 is 5.32 Å². The highest BCUT2D eigenvalue weighted by Gasteiger charge is 2.53. The molecule has 1 saturated heterocycles. The number of hydrogen-bond donors (Lipinski definition) is 1. The Hall–Kier alpha value is -0.320.